The van der Waals surface area contributed by atoms with Crippen LogP contribution in [0.15, 0.2) is 41.7 Å². The minimum absolute atomic E-state index is 0.0123. The maximum Gasteiger partial charge on any atom is 0.273 e. The van der Waals surface area contributed by atoms with Crippen LogP contribution in [0.2, 0.25) is 5.02 Å². The molecule has 104 valence electrons. The Labute approximate surface area is 123 Å². The van der Waals surface area contributed by atoms with E-state index in [2.05, 4.69) is 10.9 Å². The van der Waals surface area contributed by atoms with E-state index in [9.17, 15) is 14.9 Å². The molecule has 1 aromatic rings. The Hall–Kier alpha value is -2.25. The molecule has 2 N–H and O–H groups in total. The largest absolute Gasteiger partial charge is 0.273 e. The van der Waals surface area contributed by atoms with E-state index < -0.39 is 10.8 Å². The van der Waals surface area contributed by atoms with Gasteiger partial charge in [-0.1, -0.05) is 23.2 Å². The van der Waals surface area contributed by atoms with Gasteiger partial charge in [0.15, 0.2) is 0 Å². The zero-order valence-corrected chi connectivity index (χ0v) is 11.4. The SMILES string of the molecule is O=C(NN1C=CC=C(Cl)N1)c1cc([N+](=O)[O-])ccc1Cl. The smallest absolute Gasteiger partial charge is 0.269 e. The second kappa shape index (κ2) is 5.81. The number of hydrogen-bond donors (Lipinski definition) is 2. The van der Waals surface area contributed by atoms with Gasteiger partial charge in [0, 0.05) is 18.3 Å². The van der Waals surface area contributed by atoms with Crippen LogP contribution in [0.1, 0.15) is 10.4 Å². The van der Waals surface area contributed by atoms with Crippen molar-refractivity contribution in [3.05, 3.63) is 62.4 Å². The Morgan fingerprint density at radius 1 is 1.40 bits per heavy atom. The number of benzene rings is 1. The highest BCUT2D eigenvalue weighted by atomic mass is 35.5. The van der Waals surface area contributed by atoms with Gasteiger partial charge in [-0.05, 0) is 18.2 Å². The topological polar surface area (TPSA) is 87.5 Å². The number of halogens is 2. The summed E-state index contributed by atoms with van der Waals surface area (Å²) in [6.45, 7) is 0. The van der Waals surface area contributed by atoms with E-state index >= 15 is 0 Å². The summed E-state index contributed by atoms with van der Waals surface area (Å²) < 4.78 is 0. The molecule has 0 unspecified atom stereocenters. The normalized spacial score (nSPS) is 13.5. The summed E-state index contributed by atoms with van der Waals surface area (Å²) in [5, 5.41) is 12.3. The van der Waals surface area contributed by atoms with E-state index in [0.29, 0.717) is 5.16 Å². The van der Waals surface area contributed by atoms with E-state index in [1.165, 1.54) is 23.5 Å². The van der Waals surface area contributed by atoms with Crippen molar-refractivity contribution in [1.29, 1.82) is 0 Å². The highest BCUT2D eigenvalue weighted by Gasteiger charge is 2.17. The monoisotopic (exact) mass is 314 g/mol. The van der Waals surface area contributed by atoms with Gasteiger partial charge in [0.1, 0.15) is 5.16 Å². The number of amides is 1. The highest BCUT2D eigenvalue weighted by molar-refractivity contribution is 6.34. The summed E-state index contributed by atoms with van der Waals surface area (Å²) in [5.41, 5.74) is 4.84. The molecule has 0 radical (unpaired) electrons. The number of carbonyl (C=O) groups is 1. The van der Waals surface area contributed by atoms with Crippen LogP contribution >= 0.6 is 23.2 Å². The molecule has 0 aliphatic carbocycles. The first kappa shape index (κ1) is 14.2. The second-order valence-corrected chi connectivity index (χ2v) is 4.51. The number of hydrogen-bond acceptors (Lipinski definition) is 5. The van der Waals surface area contributed by atoms with Gasteiger partial charge in [-0.2, -0.15) is 0 Å². The Balaban J connectivity index is 2.17. The van der Waals surface area contributed by atoms with Gasteiger partial charge in [0.2, 0.25) is 0 Å². The third kappa shape index (κ3) is 3.19. The van der Waals surface area contributed by atoms with Crippen LogP contribution in [-0.4, -0.2) is 15.9 Å². The lowest BCUT2D eigenvalue weighted by atomic mass is 10.2. The third-order valence-electron chi connectivity index (χ3n) is 2.33. The molecule has 9 heteroatoms. The second-order valence-electron chi connectivity index (χ2n) is 3.70. The molecule has 0 saturated carbocycles. The number of carbonyl (C=O) groups excluding carboxylic acids is 1. The number of nitrogens with zero attached hydrogens (tertiary/aromatic N) is 2. The summed E-state index contributed by atoms with van der Waals surface area (Å²) in [4.78, 5) is 22.1. The molecule has 7 nitrogen and oxygen atoms in total. The fourth-order valence-corrected chi connectivity index (χ4v) is 1.81. The summed E-state index contributed by atoms with van der Waals surface area (Å²) in [5.74, 6) is -0.609. The lowest BCUT2D eigenvalue weighted by Gasteiger charge is -2.24. The van der Waals surface area contributed by atoms with Crippen LogP contribution in [0, 0.1) is 10.1 Å². The van der Waals surface area contributed by atoms with Crippen molar-refractivity contribution in [2.45, 2.75) is 0 Å². The average Bonchev–Trinajstić information content (AvgIpc) is 2.38. The van der Waals surface area contributed by atoms with Gasteiger partial charge < -0.3 is 0 Å². The molecule has 0 atom stereocenters. The molecule has 0 spiro atoms. The number of non-ortho nitro benzene ring substituents is 1. The number of allylic oxidation sites excluding steroid dienone is 2. The molecule has 0 aromatic heterocycles. The van der Waals surface area contributed by atoms with Gasteiger partial charge in [0.25, 0.3) is 11.6 Å². The molecule has 1 aromatic carbocycles. The summed E-state index contributed by atoms with van der Waals surface area (Å²) in [6.07, 6.45) is 4.70. The Bertz CT molecular complexity index is 630. The van der Waals surface area contributed by atoms with Gasteiger partial charge in [-0.25, -0.2) is 10.5 Å². The standard InChI is InChI=1S/C11H8Cl2N4O3/c12-9-4-3-7(17(19)20)6-8(9)11(18)15-16-5-1-2-10(13)14-16/h1-6,14H,(H,15,18). The van der Waals surface area contributed by atoms with Crippen LogP contribution in [0.25, 0.3) is 0 Å². The summed E-state index contributed by atoms with van der Waals surface area (Å²) >= 11 is 11.6. The number of nitro groups is 1. The van der Waals surface area contributed by atoms with Crippen molar-refractivity contribution >= 4 is 34.8 Å². The zero-order chi connectivity index (χ0) is 14.7. The first-order chi connectivity index (χ1) is 9.47. The van der Waals surface area contributed by atoms with E-state index in [1.54, 1.807) is 12.2 Å². The Morgan fingerprint density at radius 2 is 2.15 bits per heavy atom. The van der Waals surface area contributed by atoms with E-state index in [1.807, 2.05) is 0 Å². The molecule has 0 fully saturated rings. The molecule has 1 heterocycles. The van der Waals surface area contributed by atoms with E-state index in [-0.39, 0.29) is 16.3 Å². The molecular weight excluding hydrogens is 307 g/mol. The average molecular weight is 315 g/mol. The van der Waals surface area contributed by atoms with Gasteiger partial charge in [0.05, 0.1) is 15.5 Å². The molecule has 1 amide bonds. The quantitative estimate of drug-likeness (QED) is 0.508. The number of nitrogens with one attached hydrogen (secondary N) is 2. The number of nitro benzene ring substituents is 1. The third-order valence-corrected chi connectivity index (χ3v) is 2.87. The predicted octanol–water partition coefficient (Wildman–Crippen LogP) is 2.31. The van der Waals surface area contributed by atoms with Crippen molar-refractivity contribution in [2.75, 3.05) is 0 Å². The maximum absolute atomic E-state index is 12.0. The van der Waals surface area contributed by atoms with Crippen LogP contribution < -0.4 is 10.9 Å². The number of rotatable bonds is 3. The van der Waals surface area contributed by atoms with Crippen molar-refractivity contribution in [3.63, 3.8) is 0 Å². The first-order valence-electron chi connectivity index (χ1n) is 5.32. The van der Waals surface area contributed by atoms with Crippen LogP contribution in [0.4, 0.5) is 5.69 Å². The number of hydrazine groups is 2. The van der Waals surface area contributed by atoms with Crippen molar-refractivity contribution in [3.8, 4) is 0 Å². The minimum Gasteiger partial charge on any atom is -0.269 e. The minimum atomic E-state index is -0.609. The summed E-state index contributed by atoms with van der Waals surface area (Å²) in [7, 11) is 0. The van der Waals surface area contributed by atoms with Crippen LogP contribution in [-0.2, 0) is 0 Å². The molecular formula is C11H8Cl2N4O3. The molecule has 1 aliphatic rings. The lowest BCUT2D eigenvalue weighted by Crippen LogP contribution is -2.47. The highest BCUT2D eigenvalue weighted by Crippen LogP contribution is 2.22. The van der Waals surface area contributed by atoms with Crippen LogP contribution in [0.3, 0.4) is 0 Å². The van der Waals surface area contributed by atoms with Gasteiger partial charge in [-0.15, -0.1) is 0 Å². The molecule has 20 heavy (non-hydrogen) atoms. The maximum atomic E-state index is 12.0. The summed E-state index contributed by atoms with van der Waals surface area (Å²) in [6, 6.07) is 3.61. The van der Waals surface area contributed by atoms with E-state index in [0.717, 1.165) is 6.07 Å². The molecule has 0 saturated heterocycles. The van der Waals surface area contributed by atoms with Gasteiger partial charge >= 0.3 is 0 Å². The lowest BCUT2D eigenvalue weighted by molar-refractivity contribution is -0.384. The zero-order valence-electron chi connectivity index (χ0n) is 9.84. The molecule has 0 bridgehead atoms. The van der Waals surface area contributed by atoms with Crippen molar-refractivity contribution < 1.29 is 9.72 Å². The van der Waals surface area contributed by atoms with Crippen molar-refractivity contribution in [1.82, 2.24) is 16.0 Å². The first-order valence-corrected chi connectivity index (χ1v) is 6.08. The molecule has 2 rings (SSSR count). The predicted molar refractivity (Wildman–Crippen MR) is 73.6 cm³/mol. The van der Waals surface area contributed by atoms with Crippen LogP contribution in [0.5, 0.6) is 0 Å². The van der Waals surface area contributed by atoms with Crippen molar-refractivity contribution in [2.24, 2.45) is 0 Å². The fraction of sp³-hybridized carbons (Fsp3) is 0. The van der Waals surface area contributed by atoms with Gasteiger partial charge in [-0.3, -0.25) is 20.3 Å². The van der Waals surface area contributed by atoms with E-state index in [4.69, 9.17) is 23.2 Å². The Kier molecular flexibility index (Phi) is 4.11. The fourth-order valence-electron chi connectivity index (χ4n) is 1.44. The Morgan fingerprint density at radius 3 is 2.80 bits per heavy atom. The molecule has 1 aliphatic heterocycles.